The summed E-state index contributed by atoms with van der Waals surface area (Å²) in [5.74, 6) is 0. The monoisotopic (exact) mass is 716 g/mol. The first kappa shape index (κ1) is 42.3. The summed E-state index contributed by atoms with van der Waals surface area (Å²) in [4.78, 5) is 2.04. The molecule has 288 valence electrons. The standard InChI is InChI=1S/C50H73N3/c1-10-13-16-19-22-25-28-43-44(29-26-23-20-17-14-11-2)46(40-32-36-42(37-33-40)50(7,8)9)48-47(51-53(52-48)38-27-24-21-18-15-12-3)45(43)39-30-34-41(35-31-39)49(4,5)6/h10-11,30-37H,1-2,12-29,38H2,3-9H3. The number of rotatable bonds is 23. The molecule has 0 N–H and O–H groups in total. The maximum atomic E-state index is 5.42. The van der Waals surface area contributed by atoms with E-state index in [2.05, 4.69) is 122 Å². The van der Waals surface area contributed by atoms with Crippen LogP contribution in [0.5, 0.6) is 0 Å². The Balaban J connectivity index is 1.93. The fourth-order valence-electron chi connectivity index (χ4n) is 7.74. The van der Waals surface area contributed by atoms with Crippen molar-refractivity contribution in [1.29, 1.82) is 0 Å². The largest absolute Gasteiger partial charge is 0.184 e. The van der Waals surface area contributed by atoms with Crippen LogP contribution in [0.15, 0.2) is 73.8 Å². The number of benzene rings is 3. The fraction of sp³-hybridized carbons (Fsp3) is 0.560. The maximum Gasteiger partial charge on any atom is 0.121 e. The number of unbranched alkanes of at least 4 members (excludes halogenated alkanes) is 13. The molecule has 3 aromatic carbocycles. The average molecular weight is 716 g/mol. The quantitative estimate of drug-likeness (QED) is 0.0565. The molecule has 4 aromatic rings. The smallest absolute Gasteiger partial charge is 0.121 e. The molecule has 0 radical (unpaired) electrons. The first-order valence-corrected chi connectivity index (χ1v) is 21.4. The third kappa shape index (κ3) is 12.3. The minimum absolute atomic E-state index is 0.0994. The second kappa shape index (κ2) is 20.8. The van der Waals surface area contributed by atoms with Gasteiger partial charge < -0.3 is 0 Å². The van der Waals surface area contributed by atoms with Crippen molar-refractivity contribution >= 4 is 11.0 Å². The first-order chi connectivity index (χ1) is 25.5. The van der Waals surface area contributed by atoms with Gasteiger partial charge in [-0.05, 0) is 102 Å². The van der Waals surface area contributed by atoms with Crippen LogP contribution in [0.3, 0.4) is 0 Å². The lowest BCUT2D eigenvalue weighted by Gasteiger charge is -2.23. The summed E-state index contributed by atoms with van der Waals surface area (Å²) in [7, 11) is 0. The predicted octanol–water partition coefficient (Wildman–Crippen LogP) is 15.1. The van der Waals surface area contributed by atoms with Crippen molar-refractivity contribution in [1.82, 2.24) is 15.0 Å². The van der Waals surface area contributed by atoms with Crippen molar-refractivity contribution in [3.05, 3.63) is 96.1 Å². The average Bonchev–Trinajstić information content (AvgIpc) is 3.55. The second-order valence-corrected chi connectivity index (χ2v) is 17.6. The van der Waals surface area contributed by atoms with E-state index in [-0.39, 0.29) is 10.8 Å². The van der Waals surface area contributed by atoms with Gasteiger partial charge in [0.25, 0.3) is 0 Å². The van der Waals surface area contributed by atoms with Gasteiger partial charge >= 0.3 is 0 Å². The topological polar surface area (TPSA) is 30.7 Å². The lowest BCUT2D eigenvalue weighted by atomic mass is 9.81. The van der Waals surface area contributed by atoms with Crippen molar-refractivity contribution in [3.63, 3.8) is 0 Å². The zero-order valence-electron chi connectivity index (χ0n) is 35.0. The normalized spacial score (nSPS) is 12.1. The molecule has 0 unspecified atom stereocenters. The van der Waals surface area contributed by atoms with Gasteiger partial charge in [0.1, 0.15) is 11.0 Å². The van der Waals surface area contributed by atoms with Gasteiger partial charge in [0, 0.05) is 11.1 Å². The molecule has 0 spiro atoms. The van der Waals surface area contributed by atoms with E-state index in [1.807, 2.05) is 4.80 Å². The summed E-state index contributed by atoms with van der Waals surface area (Å²) in [5.41, 5.74) is 13.3. The molecule has 0 amide bonds. The van der Waals surface area contributed by atoms with E-state index in [0.717, 1.165) is 49.7 Å². The summed E-state index contributed by atoms with van der Waals surface area (Å²) in [6.45, 7) is 24.9. The molecule has 0 aliphatic rings. The Labute approximate surface area is 324 Å². The van der Waals surface area contributed by atoms with Gasteiger partial charge in [-0.2, -0.15) is 15.0 Å². The summed E-state index contributed by atoms with van der Waals surface area (Å²) >= 11 is 0. The van der Waals surface area contributed by atoms with Crippen molar-refractivity contribution < 1.29 is 0 Å². The molecule has 4 rings (SSSR count). The highest BCUT2D eigenvalue weighted by Crippen LogP contribution is 2.43. The summed E-state index contributed by atoms with van der Waals surface area (Å²) < 4.78 is 0. The Morgan fingerprint density at radius 2 is 0.887 bits per heavy atom. The molecule has 0 saturated heterocycles. The number of aryl methyl sites for hydroxylation is 1. The molecule has 0 aliphatic carbocycles. The van der Waals surface area contributed by atoms with Crippen LogP contribution in [0.25, 0.3) is 33.3 Å². The molecule has 1 aromatic heterocycles. The van der Waals surface area contributed by atoms with Crippen molar-refractivity contribution in [2.75, 3.05) is 0 Å². The zero-order chi connectivity index (χ0) is 38.3. The van der Waals surface area contributed by atoms with E-state index >= 15 is 0 Å². The minimum atomic E-state index is 0.0994. The van der Waals surface area contributed by atoms with Crippen molar-refractivity contribution in [2.45, 2.75) is 181 Å². The molecule has 3 nitrogen and oxygen atoms in total. The van der Waals surface area contributed by atoms with Crippen LogP contribution in [0, 0.1) is 0 Å². The summed E-state index contributed by atoms with van der Waals surface area (Å²) in [5, 5.41) is 10.8. The van der Waals surface area contributed by atoms with Gasteiger partial charge in [-0.25, -0.2) is 0 Å². The van der Waals surface area contributed by atoms with Crippen LogP contribution in [-0.4, -0.2) is 15.0 Å². The van der Waals surface area contributed by atoms with Crippen LogP contribution in [-0.2, 0) is 30.2 Å². The predicted molar refractivity (Wildman–Crippen MR) is 233 cm³/mol. The maximum absolute atomic E-state index is 5.42. The van der Waals surface area contributed by atoms with E-state index in [4.69, 9.17) is 10.2 Å². The highest BCUT2D eigenvalue weighted by molar-refractivity contribution is 6.04. The van der Waals surface area contributed by atoms with Gasteiger partial charge in [-0.15, -0.1) is 13.2 Å². The molecule has 0 aliphatic heterocycles. The minimum Gasteiger partial charge on any atom is -0.184 e. The number of fused-ring (bicyclic) bond motifs is 1. The van der Waals surface area contributed by atoms with Gasteiger partial charge in [0.2, 0.25) is 0 Å². The third-order valence-corrected chi connectivity index (χ3v) is 11.1. The first-order valence-electron chi connectivity index (χ1n) is 21.4. The number of aromatic nitrogens is 3. The summed E-state index contributed by atoms with van der Waals surface area (Å²) in [6, 6.07) is 18.9. The number of hydrogen-bond donors (Lipinski definition) is 0. The van der Waals surface area contributed by atoms with Crippen LogP contribution in [0.1, 0.15) is 173 Å². The lowest BCUT2D eigenvalue weighted by Crippen LogP contribution is -2.11. The van der Waals surface area contributed by atoms with E-state index in [9.17, 15) is 0 Å². The van der Waals surface area contributed by atoms with E-state index < -0.39 is 0 Å². The van der Waals surface area contributed by atoms with Crippen molar-refractivity contribution in [2.24, 2.45) is 0 Å². The highest BCUT2D eigenvalue weighted by atomic mass is 15.5. The van der Waals surface area contributed by atoms with E-state index in [0.29, 0.717) is 0 Å². The third-order valence-electron chi connectivity index (χ3n) is 11.1. The molecular weight excluding hydrogens is 643 g/mol. The van der Waals surface area contributed by atoms with Gasteiger partial charge in [-0.1, -0.05) is 167 Å². The van der Waals surface area contributed by atoms with Gasteiger partial charge in [0.15, 0.2) is 0 Å². The Kier molecular flexibility index (Phi) is 16.6. The molecule has 0 bridgehead atoms. The SMILES string of the molecule is C=CCCCCCCc1c(CCCCCCC=C)c(-c2ccc(C(C)(C)C)cc2)c2nn(CCCCCCCC)nc2c1-c1ccc(C(C)(C)C)cc1. The molecule has 0 fully saturated rings. The Morgan fingerprint density at radius 1 is 0.509 bits per heavy atom. The lowest BCUT2D eigenvalue weighted by molar-refractivity contribution is 0.488. The van der Waals surface area contributed by atoms with Crippen molar-refractivity contribution in [3.8, 4) is 22.3 Å². The molecule has 53 heavy (non-hydrogen) atoms. The van der Waals surface area contributed by atoms with Gasteiger partial charge in [-0.3, -0.25) is 0 Å². The van der Waals surface area contributed by atoms with Crippen LogP contribution in [0.4, 0.5) is 0 Å². The van der Waals surface area contributed by atoms with Crippen LogP contribution >= 0.6 is 0 Å². The Hall–Kier alpha value is -3.46. The number of hydrogen-bond acceptors (Lipinski definition) is 2. The van der Waals surface area contributed by atoms with Gasteiger partial charge in [0.05, 0.1) is 6.54 Å². The zero-order valence-corrected chi connectivity index (χ0v) is 35.0. The number of nitrogens with zero attached hydrogens (tertiary/aromatic N) is 3. The highest BCUT2D eigenvalue weighted by Gasteiger charge is 2.26. The molecule has 3 heteroatoms. The summed E-state index contributed by atoms with van der Waals surface area (Å²) in [6.07, 6.45) is 25.8. The fourth-order valence-corrected chi connectivity index (χ4v) is 7.74. The molecule has 0 saturated carbocycles. The molecule has 1 heterocycles. The molecule has 0 atom stereocenters. The van der Waals surface area contributed by atoms with E-state index in [1.165, 1.54) is 128 Å². The number of allylic oxidation sites excluding steroid dienone is 2. The molecular formula is C50H73N3. The van der Waals surface area contributed by atoms with Crippen LogP contribution < -0.4 is 0 Å². The van der Waals surface area contributed by atoms with Crippen LogP contribution in [0.2, 0.25) is 0 Å². The Morgan fingerprint density at radius 3 is 1.28 bits per heavy atom. The van der Waals surface area contributed by atoms with E-state index in [1.54, 1.807) is 0 Å². The second-order valence-electron chi connectivity index (χ2n) is 17.6. The Bertz CT molecular complexity index is 1570.